The molecule has 3 atom stereocenters. The largest absolute Gasteiger partial charge is 0.383 e. The Balaban J connectivity index is 1.43. The smallest absolute Gasteiger partial charge is 0.350 e. The fraction of sp³-hybridized carbons (Fsp3) is 0.304. The zero-order chi connectivity index (χ0) is 20.8. The van der Waals surface area contributed by atoms with E-state index < -0.39 is 0 Å². The van der Waals surface area contributed by atoms with E-state index in [0.29, 0.717) is 26.2 Å². The lowest BCUT2D eigenvalue weighted by Gasteiger charge is -2.19. The van der Waals surface area contributed by atoms with Crippen LogP contribution in [-0.4, -0.2) is 27.5 Å². The molecule has 0 aliphatic carbocycles. The van der Waals surface area contributed by atoms with Crippen LogP contribution in [0.3, 0.4) is 0 Å². The Morgan fingerprint density at radius 1 is 1.00 bits per heavy atom. The van der Waals surface area contributed by atoms with Gasteiger partial charge in [-0.3, -0.25) is 4.57 Å². The molecule has 1 saturated heterocycles. The van der Waals surface area contributed by atoms with E-state index in [4.69, 9.17) is 15.2 Å². The van der Waals surface area contributed by atoms with Gasteiger partial charge in [0.15, 0.2) is 0 Å². The highest BCUT2D eigenvalue weighted by Gasteiger charge is 2.37. The first-order valence-corrected chi connectivity index (χ1v) is 10.9. The van der Waals surface area contributed by atoms with Gasteiger partial charge in [0.2, 0.25) is 0 Å². The maximum atomic E-state index is 12.3. The number of nitrogens with two attached hydrogens (primary N) is 1. The molecular weight excluding hydrogens is 398 g/mol. The normalized spacial score (nSPS) is 21.0. The summed E-state index contributed by atoms with van der Waals surface area (Å²) >= 11 is 1.69. The number of aromatic nitrogens is 2. The zero-order valence-electron chi connectivity index (χ0n) is 16.6. The summed E-state index contributed by atoms with van der Waals surface area (Å²) in [6, 6.07) is 21.9. The number of ether oxygens (including phenoxy) is 2. The number of thioether (sulfide) groups is 1. The van der Waals surface area contributed by atoms with E-state index in [0.717, 1.165) is 11.1 Å². The van der Waals surface area contributed by atoms with Gasteiger partial charge in [-0.05, 0) is 17.2 Å². The standard InChI is InChI=1S/C23H25N3O3S/c24-21-11-12-26(23(27)25-21)22-13-19(29-15-18-9-5-2-6-10-18)20(30-22)16-28-14-17-7-3-1-4-8-17/h1-12,19-20,22H,13-16H2,(H2,24,25,27)/t19-,20-,22-/m0/s1. The maximum Gasteiger partial charge on any atom is 0.350 e. The monoisotopic (exact) mass is 423 g/mol. The summed E-state index contributed by atoms with van der Waals surface area (Å²) in [4.78, 5) is 16.2. The van der Waals surface area contributed by atoms with E-state index in [1.165, 1.54) is 0 Å². The van der Waals surface area contributed by atoms with Crippen molar-refractivity contribution in [1.29, 1.82) is 0 Å². The van der Waals surface area contributed by atoms with Gasteiger partial charge in [-0.1, -0.05) is 60.7 Å². The number of nitrogens with zero attached hydrogens (tertiary/aromatic N) is 2. The highest BCUT2D eigenvalue weighted by Crippen LogP contribution is 2.42. The molecule has 4 rings (SSSR count). The summed E-state index contributed by atoms with van der Waals surface area (Å²) < 4.78 is 13.9. The average molecular weight is 424 g/mol. The van der Waals surface area contributed by atoms with Crippen LogP contribution in [0.4, 0.5) is 5.82 Å². The number of hydrogen-bond donors (Lipinski definition) is 1. The van der Waals surface area contributed by atoms with Gasteiger partial charge in [-0.15, -0.1) is 11.8 Å². The van der Waals surface area contributed by atoms with Gasteiger partial charge in [0.1, 0.15) is 5.82 Å². The molecule has 2 heterocycles. The number of hydrogen-bond acceptors (Lipinski definition) is 6. The van der Waals surface area contributed by atoms with Crippen LogP contribution in [0.15, 0.2) is 77.7 Å². The van der Waals surface area contributed by atoms with E-state index in [1.54, 1.807) is 28.6 Å². The second-order valence-corrected chi connectivity index (χ2v) is 8.66. The lowest BCUT2D eigenvalue weighted by molar-refractivity contribution is 0.0135. The van der Waals surface area contributed by atoms with Crippen molar-refractivity contribution in [3.05, 3.63) is 94.5 Å². The molecule has 0 spiro atoms. The van der Waals surface area contributed by atoms with Gasteiger partial charge < -0.3 is 15.2 Å². The van der Waals surface area contributed by atoms with E-state index in [1.807, 2.05) is 48.5 Å². The molecule has 1 aliphatic heterocycles. The molecule has 1 fully saturated rings. The summed E-state index contributed by atoms with van der Waals surface area (Å²) in [5.41, 5.74) is 7.57. The van der Waals surface area contributed by atoms with Crippen molar-refractivity contribution in [2.24, 2.45) is 0 Å². The Morgan fingerprint density at radius 3 is 2.33 bits per heavy atom. The van der Waals surface area contributed by atoms with Gasteiger partial charge in [0.25, 0.3) is 0 Å². The number of anilines is 1. The quantitative estimate of drug-likeness (QED) is 0.596. The SMILES string of the molecule is Nc1ccn([C@@H]2C[C@H](OCc3ccccc3)[C@H](COCc3ccccc3)S2)c(=O)n1. The first-order chi connectivity index (χ1) is 14.7. The van der Waals surface area contributed by atoms with Gasteiger partial charge in [-0.25, -0.2) is 4.79 Å². The van der Waals surface area contributed by atoms with Crippen molar-refractivity contribution < 1.29 is 9.47 Å². The molecular formula is C23H25N3O3S. The van der Waals surface area contributed by atoms with E-state index in [-0.39, 0.29) is 28.2 Å². The van der Waals surface area contributed by atoms with Gasteiger partial charge >= 0.3 is 5.69 Å². The molecule has 1 aromatic heterocycles. The van der Waals surface area contributed by atoms with E-state index in [2.05, 4.69) is 17.1 Å². The Bertz CT molecular complexity index is 997. The van der Waals surface area contributed by atoms with Gasteiger partial charge in [0.05, 0.1) is 36.5 Å². The van der Waals surface area contributed by atoms with Crippen LogP contribution in [0, 0.1) is 0 Å². The van der Waals surface area contributed by atoms with Gasteiger partial charge in [0, 0.05) is 12.6 Å². The van der Waals surface area contributed by atoms with Crippen molar-refractivity contribution >= 4 is 17.6 Å². The number of rotatable bonds is 8. The van der Waals surface area contributed by atoms with Crippen molar-refractivity contribution in [3.8, 4) is 0 Å². The van der Waals surface area contributed by atoms with Crippen LogP contribution >= 0.6 is 11.8 Å². The van der Waals surface area contributed by atoms with Crippen LogP contribution in [0.25, 0.3) is 0 Å². The van der Waals surface area contributed by atoms with Crippen LogP contribution in [0.2, 0.25) is 0 Å². The molecule has 6 nitrogen and oxygen atoms in total. The molecule has 0 saturated carbocycles. The molecule has 156 valence electrons. The Kier molecular flexibility index (Phi) is 6.84. The Morgan fingerprint density at radius 2 is 1.67 bits per heavy atom. The van der Waals surface area contributed by atoms with E-state index in [9.17, 15) is 4.79 Å². The summed E-state index contributed by atoms with van der Waals surface area (Å²) in [6.07, 6.45) is 2.40. The fourth-order valence-electron chi connectivity index (χ4n) is 3.49. The van der Waals surface area contributed by atoms with Crippen molar-refractivity contribution in [2.75, 3.05) is 12.3 Å². The molecule has 7 heteroatoms. The lowest BCUT2D eigenvalue weighted by atomic mass is 10.1. The predicted octanol–water partition coefficient (Wildman–Crippen LogP) is 3.63. The minimum absolute atomic E-state index is 0.0274. The molecule has 0 bridgehead atoms. The van der Waals surface area contributed by atoms with E-state index >= 15 is 0 Å². The summed E-state index contributed by atoms with van der Waals surface area (Å²) in [5, 5.41) is 0.0589. The molecule has 2 aromatic carbocycles. The highest BCUT2D eigenvalue weighted by molar-refractivity contribution is 8.00. The fourth-order valence-corrected chi connectivity index (χ4v) is 5.02. The second kappa shape index (κ2) is 9.93. The average Bonchev–Trinajstić information content (AvgIpc) is 3.16. The van der Waals surface area contributed by atoms with Crippen LogP contribution in [-0.2, 0) is 22.7 Å². The molecule has 1 aliphatic rings. The number of nitrogen functional groups attached to an aromatic ring is 1. The summed E-state index contributed by atoms with van der Waals surface area (Å²) in [7, 11) is 0. The highest BCUT2D eigenvalue weighted by atomic mass is 32.2. The second-order valence-electron chi connectivity index (χ2n) is 7.24. The van der Waals surface area contributed by atoms with Crippen molar-refractivity contribution in [2.45, 2.75) is 36.4 Å². The first kappa shape index (κ1) is 20.7. The third-order valence-electron chi connectivity index (χ3n) is 5.04. The van der Waals surface area contributed by atoms with Crippen LogP contribution in [0.1, 0.15) is 22.9 Å². The van der Waals surface area contributed by atoms with Crippen LogP contribution in [0.5, 0.6) is 0 Å². The molecule has 30 heavy (non-hydrogen) atoms. The third-order valence-corrected chi connectivity index (χ3v) is 6.57. The Labute approximate surface area is 180 Å². The maximum absolute atomic E-state index is 12.3. The third kappa shape index (κ3) is 5.30. The lowest BCUT2D eigenvalue weighted by Crippen LogP contribution is -2.27. The Hall–Kier alpha value is -2.61. The predicted molar refractivity (Wildman–Crippen MR) is 119 cm³/mol. The van der Waals surface area contributed by atoms with Gasteiger partial charge in [-0.2, -0.15) is 4.98 Å². The van der Waals surface area contributed by atoms with Crippen molar-refractivity contribution in [3.63, 3.8) is 0 Å². The molecule has 0 unspecified atom stereocenters. The zero-order valence-corrected chi connectivity index (χ0v) is 17.4. The molecule has 0 radical (unpaired) electrons. The summed E-state index contributed by atoms with van der Waals surface area (Å²) in [5.74, 6) is 0.235. The minimum atomic E-state index is -0.333. The minimum Gasteiger partial charge on any atom is -0.383 e. The van der Waals surface area contributed by atoms with Crippen molar-refractivity contribution in [1.82, 2.24) is 9.55 Å². The first-order valence-electron chi connectivity index (χ1n) is 9.96. The number of benzene rings is 2. The molecule has 3 aromatic rings. The van der Waals surface area contributed by atoms with Crippen LogP contribution < -0.4 is 11.4 Å². The topological polar surface area (TPSA) is 79.4 Å². The molecule has 2 N–H and O–H groups in total. The summed E-state index contributed by atoms with van der Waals surface area (Å²) in [6.45, 7) is 1.63. The molecule has 0 amide bonds.